The number of nitrogens with zero attached hydrogens (tertiary/aromatic N) is 1. The van der Waals surface area contributed by atoms with E-state index in [-0.39, 0.29) is 5.91 Å². The Bertz CT molecular complexity index is 690. The molecule has 0 aliphatic rings. The molecule has 0 aromatic heterocycles. The zero-order valence-electron chi connectivity index (χ0n) is 13.7. The number of benzene rings is 2. The minimum atomic E-state index is -0.116. The predicted molar refractivity (Wildman–Crippen MR) is 97.1 cm³/mol. The quantitative estimate of drug-likeness (QED) is 0.453. The zero-order chi connectivity index (χ0) is 17.2. The summed E-state index contributed by atoms with van der Waals surface area (Å²) in [5.41, 5.74) is 3.34. The third-order valence-corrected chi connectivity index (χ3v) is 4.17. The van der Waals surface area contributed by atoms with Gasteiger partial charge in [0.2, 0.25) is 5.91 Å². The van der Waals surface area contributed by atoms with Crippen molar-refractivity contribution in [1.82, 2.24) is 5.43 Å². The molecule has 0 aliphatic carbocycles. The Balaban J connectivity index is 1.77. The van der Waals surface area contributed by atoms with Crippen LogP contribution in [0.2, 0.25) is 0 Å². The van der Waals surface area contributed by atoms with Gasteiger partial charge in [-0.05, 0) is 35.9 Å². The third kappa shape index (κ3) is 5.62. The molecule has 0 spiro atoms. The fraction of sp³-hybridized carbons (Fsp3) is 0.222. The lowest BCUT2D eigenvalue weighted by molar-refractivity contribution is -0.120. The molecule has 0 atom stereocenters. The van der Waals surface area contributed by atoms with Crippen LogP contribution >= 0.6 is 11.8 Å². The van der Waals surface area contributed by atoms with Gasteiger partial charge in [-0.3, -0.25) is 4.79 Å². The lowest BCUT2D eigenvalue weighted by atomic mass is 10.2. The van der Waals surface area contributed by atoms with Crippen molar-refractivity contribution >= 4 is 23.9 Å². The Labute approximate surface area is 146 Å². The molecule has 0 radical (unpaired) electrons. The van der Waals surface area contributed by atoms with Crippen LogP contribution in [-0.2, 0) is 4.79 Å². The van der Waals surface area contributed by atoms with E-state index in [0.29, 0.717) is 23.7 Å². The van der Waals surface area contributed by atoms with Crippen LogP contribution in [0.4, 0.5) is 0 Å². The van der Waals surface area contributed by atoms with Gasteiger partial charge in [-0.15, -0.1) is 11.8 Å². The van der Waals surface area contributed by atoms with E-state index in [2.05, 4.69) is 10.5 Å². The molecule has 0 aliphatic heterocycles. The average molecular weight is 344 g/mol. The van der Waals surface area contributed by atoms with Crippen LogP contribution < -0.4 is 14.9 Å². The topological polar surface area (TPSA) is 59.9 Å². The van der Waals surface area contributed by atoms with Crippen LogP contribution in [0.1, 0.15) is 12.0 Å². The molecule has 1 amide bonds. The number of methoxy groups -OCH3 is 2. The molecule has 0 bridgehead atoms. The monoisotopic (exact) mass is 344 g/mol. The molecule has 0 fully saturated rings. The second-order valence-corrected chi connectivity index (χ2v) is 5.99. The van der Waals surface area contributed by atoms with E-state index >= 15 is 0 Å². The van der Waals surface area contributed by atoms with Crippen molar-refractivity contribution in [2.45, 2.75) is 11.3 Å². The normalized spacial score (nSPS) is 10.6. The summed E-state index contributed by atoms with van der Waals surface area (Å²) in [5, 5.41) is 3.97. The summed E-state index contributed by atoms with van der Waals surface area (Å²) >= 11 is 1.64. The molecule has 2 aromatic rings. The Morgan fingerprint density at radius 3 is 2.58 bits per heavy atom. The molecule has 5 nitrogen and oxygen atoms in total. The van der Waals surface area contributed by atoms with Gasteiger partial charge in [0.15, 0.2) is 11.5 Å². The van der Waals surface area contributed by atoms with Gasteiger partial charge in [-0.1, -0.05) is 18.2 Å². The summed E-state index contributed by atoms with van der Waals surface area (Å²) in [6.07, 6.45) is 1.98. The highest BCUT2D eigenvalue weighted by Crippen LogP contribution is 2.26. The van der Waals surface area contributed by atoms with E-state index in [4.69, 9.17) is 9.47 Å². The second-order valence-electron chi connectivity index (χ2n) is 4.82. The Kier molecular flexibility index (Phi) is 7.17. The van der Waals surface area contributed by atoms with Crippen molar-refractivity contribution in [3.05, 3.63) is 54.1 Å². The highest BCUT2D eigenvalue weighted by molar-refractivity contribution is 7.99. The van der Waals surface area contributed by atoms with Crippen LogP contribution in [0.3, 0.4) is 0 Å². The molecule has 2 aromatic carbocycles. The molecular formula is C18H20N2O3S. The number of hydrazone groups is 1. The second kappa shape index (κ2) is 9.62. The van der Waals surface area contributed by atoms with Gasteiger partial charge in [0.1, 0.15) is 0 Å². The number of amides is 1. The first-order chi connectivity index (χ1) is 11.7. The number of hydrogen-bond donors (Lipinski definition) is 1. The summed E-state index contributed by atoms with van der Waals surface area (Å²) in [4.78, 5) is 12.9. The maximum Gasteiger partial charge on any atom is 0.240 e. The van der Waals surface area contributed by atoms with Gasteiger partial charge >= 0.3 is 0 Å². The van der Waals surface area contributed by atoms with Crippen molar-refractivity contribution in [3.8, 4) is 11.5 Å². The number of hydrogen-bond acceptors (Lipinski definition) is 5. The minimum absolute atomic E-state index is 0.116. The summed E-state index contributed by atoms with van der Waals surface area (Å²) in [5.74, 6) is 1.86. The number of ether oxygens (including phenoxy) is 2. The molecular weight excluding hydrogens is 324 g/mol. The van der Waals surface area contributed by atoms with Crippen LogP contribution in [0.25, 0.3) is 0 Å². The molecule has 6 heteroatoms. The van der Waals surface area contributed by atoms with Crippen molar-refractivity contribution in [2.75, 3.05) is 20.0 Å². The molecule has 0 unspecified atom stereocenters. The van der Waals surface area contributed by atoms with Gasteiger partial charge in [0.25, 0.3) is 0 Å². The van der Waals surface area contributed by atoms with Crippen LogP contribution in [0, 0.1) is 0 Å². The summed E-state index contributed by atoms with van der Waals surface area (Å²) in [7, 11) is 3.16. The van der Waals surface area contributed by atoms with Crippen molar-refractivity contribution in [3.63, 3.8) is 0 Å². The number of nitrogens with one attached hydrogen (secondary N) is 1. The largest absolute Gasteiger partial charge is 0.493 e. The summed E-state index contributed by atoms with van der Waals surface area (Å²) in [6.45, 7) is 0. The van der Waals surface area contributed by atoms with E-state index in [9.17, 15) is 4.79 Å². The highest BCUT2D eigenvalue weighted by Gasteiger charge is 2.03. The fourth-order valence-electron chi connectivity index (χ4n) is 1.95. The molecule has 2 rings (SSSR count). The first-order valence-electron chi connectivity index (χ1n) is 7.44. The molecule has 0 saturated carbocycles. The molecule has 1 N–H and O–H groups in total. The molecule has 126 valence electrons. The van der Waals surface area contributed by atoms with E-state index in [1.165, 1.54) is 0 Å². The minimum Gasteiger partial charge on any atom is -0.493 e. The van der Waals surface area contributed by atoms with Gasteiger partial charge in [-0.2, -0.15) is 5.10 Å². The Hall–Kier alpha value is -2.47. The first-order valence-corrected chi connectivity index (χ1v) is 8.43. The SMILES string of the molecule is COc1ccc(C=NNC(=O)CCSc2ccccc2)cc1OC. The summed E-state index contributed by atoms with van der Waals surface area (Å²) in [6, 6.07) is 15.4. The first kappa shape index (κ1) is 17.9. The van der Waals surface area contributed by atoms with Crippen LogP contribution in [0.15, 0.2) is 58.5 Å². The van der Waals surface area contributed by atoms with Gasteiger partial charge in [-0.25, -0.2) is 5.43 Å². The maximum absolute atomic E-state index is 11.8. The lowest BCUT2D eigenvalue weighted by Gasteiger charge is -2.07. The van der Waals surface area contributed by atoms with Gasteiger partial charge in [0, 0.05) is 17.1 Å². The van der Waals surface area contributed by atoms with Crippen molar-refractivity contribution < 1.29 is 14.3 Å². The standard InChI is InChI=1S/C18H20N2O3S/c1-22-16-9-8-14(12-17(16)23-2)13-19-20-18(21)10-11-24-15-6-4-3-5-7-15/h3-9,12-13H,10-11H2,1-2H3,(H,20,21). The number of rotatable bonds is 8. The van der Waals surface area contributed by atoms with Crippen molar-refractivity contribution in [2.24, 2.45) is 5.10 Å². The fourth-order valence-corrected chi connectivity index (χ4v) is 2.82. The zero-order valence-corrected chi connectivity index (χ0v) is 14.5. The van der Waals surface area contributed by atoms with Crippen molar-refractivity contribution in [1.29, 1.82) is 0 Å². The smallest absolute Gasteiger partial charge is 0.240 e. The van der Waals surface area contributed by atoms with Crippen LogP contribution in [0.5, 0.6) is 11.5 Å². The van der Waals surface area contributed by atoms with E-state index in [0.717, 1.165) is 10.5 Å². The molecule has 24 heavy (non-hydrogen) atoms. The number of carbonyl (C=O) groups excluding carboxylic acids is 1. The lowest BCUT2D eigenvalue weighted by Crippen LogP contribution is -2.17. The van der Waals surface area contributed by atoms with E-state index in [1.807, 2.05) is 36.4 Å². The Morgan fingerprint density at radius 1 is 1.12 bits per heavy atom. The van der Waals surface area contributed by atoms with Gasteiger partial charge in [0.05, 0.1) is 20.4 Å². The van der Waals surface area contributed by atoms with E-state index in [1.54, 1.807) is 44.3 Å². The third-order valence-electron chi connectivity index (χ3n) is 3.15. The predicted octanol–water partition coefficient (Wildman–Crippen LogP) is 3.34. The number of thioether (sulfide) groups is 1. The highest BCUT2D eigenvalue weighted by atomic mass is 32.2. The van der Waals surface area contributed by atoms with E-state index < -0.39 is 0 Å². The summed E-state index contributed by atoms with van der Waals surface area (Å²) < 4.78 is 10.4. The molecule has 0 saturated heterocycles. The molecule has 0 heterocycles. The maximum atomic E-state index is 11.8. The van der Waals surface area contributed by atoms with Crippen LogP contribution in [-0.4, -0.2) is 32.1 Å². The average Bonchev–Trinajstić information content (AvgIpc) is 2.62. The number of carbonyl (C=O) groups is 1. The van der Waals surface area contributed by atoms with Gasteiger partial charge < -0.3 is 9.47 Å². The Morgan fingerprint density at radius 2 is 1.88 bits per heavy atom.